The van der Waals surface area contributed by atoms with Crippen LogP contribution in [0.2, 0.25) is 0 Å². The summed E-state index contributed by atoms with van der Waals surface area (Å²) in [5, 5.41) is 10.9. The van der Waals surface area contributed by atoms with Gasteiger partial charge < -0.3 is 4.74 Å². The Hall–Kier alpha value is -2.78. The first kappa shape index (κ1) is 20.0. The fraction of sp³-hybridized carbons (Fsp3) is 0.211. The van der Waals surface area contributed by atoms with E-state index in [0.717, 1.165) is 11.3 Å². The van der Waals surface area contributed by atoms with Crippen molar-refractivity contribution >= 4 is 32.2 Å². The molecule has 0 bridgehead atoms. The van der Waals surface area contributed by atoms with Crippen LogP contribution in [0.5, 0.6) is 5.75 Å². The van der Waals surface area contributed by atoms with E-state index in [0.29, 0.717) is 17.2 Å². The Morgan fingerprint density at radius 1 is 1.07 bits per heavy atom. The molecule has 0 spiro atoms. The second-order valence-electron chi connectivity index (χ2n) is 5.89. The lowest BCUT2D eigenvalue weighted by atomic mass is 10.2. The van der Waals surface area contributed by atoms with Gasteiger partial charge in [0.15, 0.2) is 15.9 Å². The van der Waals surface area contributed by atoms with Crippen LogP contribution < -0.4 is 10.1 Å². The molecule has 1 atom stereocenters. The van der Waals surface area contributed by atoms with Crippen molar-refractivity contribution in [2.24, 2.45) is 0 Å². The van der Waals surface area contributed by atoms with Gasteiger partial charge in [0.1, 0.15) is 16.5 Å². The molecule has 146 valence electrons. The molecule has 9 heteroatoms. The lowest BCUT2D eigenvalue weighted by Crippen LogP contribution is -2.32. The Morgan fingerprint density at radius 2 is 1.71 bits per heavy atom. The normalized spacial score (nSPS) is 12.3. The number of ether oxygens (including phenoxy) is 1. The molecule has 2 aromatic carbocycles. The van der Waals surface area contributed by atoms with Crippen LogP contribution in [0.15, 0.2) is 65.6 Å². The maximum absolute atomic E-state index is 12.4. The van der Waals surface area contributed by atoms with Gasteiger partial charge in [0.2, 0.25) is 5.13 Å². The minimum atomic E-state index is -3.52. The van der Waals surface area contributed by atoms with E-state index in [1.807, 2.05) is 25.1 Å². The maximum atomic E-state index is 12.4. The lowest BCUT2D eigenvalue weighted by Gasteiger charge is -2.16. The van der Waals surface area contributed by atoms with Crippen LogP contribution in [0.25, 0.3) is 0 Å². The van der Waals surface area contributed by atoms with Gasteiger partial charge in [-0.3, -0.25) is 10.1 Å². The van der Waals surface area contributed by atoms with E-state index in [1.165, 1.54) is 12.1 Å². The summed E-state index contributed by atoms with van der Waals surface area (Å²) in [5.74, 6) is -0.0428. The Bertz CT molecular complexity index is 1020. The van der Waals surface area contributed by atoms with Crippen molar-refractivity contribution in [3.8, 4) is 5.75 Å². The first-order valence-corrected chi connectivity index (χ1v) is 11.1. The highest BCUT2D eigenvalue weighted by Crippen LogP contribution is 2.22. The number of aromatic nitrogens is 2. The number of para-hydroxylation sites is 1. The smallest absolute Gasteiger partial charge is 0.267 e. The van der Waals surface area contributed by atoms with Crippen molar-refractivity contribution in [2.75, 3.05) is 5.32 Å². The average Bonchev–Trinajstić information content (AvgIpc) is 3.13. The minimum Gasteiger partial charge on any atom is -0.481 e. The molecule has 1 unspecified atom stereocenters. The summed E-state index contributed by atoms with van der Waals surface area (Å²) in [6, 6.07) is 17.2. The number of carbonyl (C=O) groups is 1. The molecule has 1 N–H and O–H groups in total. The predicted molar refractivity (Wildman–Crippen MR) is 107 cm³/mol. The third-order valence-corrected chi connectivity index (χ3v) is 6.46. The highest BCUT2D eigenvalue weighted by Gasteiger charge is 2.22. The van der Waals surface area contributed by atoms with Gasteiger partial charge in [-0.1, -0.05) is 54.7 Å². The Morgan fingerprint density at radius 3 is 2.36 bits per heavy atom. The van der Waals surface area contributed by atoms with Crippen molar-refractivity contribution in [1.82, 2.24) is 10.2 Å². The third kappa shape index (κ3) is 5.14. The van der Waals surface area contributed by atoms with Gasteiger partial charge in [0.05, 0.1) is 4.90 Å². The summed E-state index contributed by atoms with van der Waals surface area (Å²) in [7, 11) is -3.52. The van der Waals surface area contributed by atoms with Gasteiger partial charge in [-0.05, 0) is 30.7 Å². The molecular weight excluding hydrogens is 398 g/mol. The average molecular weight is 418 g/mol. The Kier molecular flexibility index (Phi) is 6.37. The first-order chi connectivity index (χ1) is 13.5. The fourth-order valence-electron chi connectivity index (χ4n) is 2.41. The van der Waals surface area contributed by atoms with Crippen molar-refractivity contribution in [3.05, 3.63) is 65.7 Å². The van der Waals surface area contributed by atoms with Crippen LogP contribution in [0.4, 0.5) is 5.13 Å². The molecule has 0 aliphatic heterocycles. The molecule has 3 rings (SSSR count). The number of anilines is 1. The highest BCUT2D eigenvalue weighted by molar-refractivity contribution is 7.90. The van der Waals surface area contributed by atoms with E-state index >= 15 is 0 Å². The summed E-state index contributed by atoms with van der Waals surface area (Å²) in [6.07, 6.45) is -0.225. The van der Waals surface area contributed by atoms with Gasteiger partial charge >= 0.3 is 0 Å². The molecule has 7 nitrogen and oxygen atoms in total. The number of amides is 1. The summed E-state index contributed by atoms with van der Waals surface area (Å²) < 4.78 is 30.5. The van der Waals surface area contributed by atoms with E-state index in [9.17, 15) is 13.2 Å². The van der Waals surface area contributed by atoms with Crippen LogP contribution in [-0.4, -0.2) is 30.6 Å². The van der Waals surface area contributed by atoms with Crippen molar-refractivity contribution in [3.63, 3.8) is 0 Å². The van der Waals surface area contributed by atoms with E-state index in [4.69, 9.17) is 4.74 Å². The number of rotatable bonds is 8. The number of nitrogens with zero attached hydrogens (tertiary/aromatic N) is 2. The Balaban J connectivity index is 1.64. The fourth-order valence-corrected chi connectivity index (χ4v) is 4.77. The Labute approximate surface area is 167 Å². The molecule has 0 saturated carbocycles. The molecular formula is C19H19N3O4S2. The molecule has 3 aromatic rings. The van der Waals surface area contributed by atoms with E-state index in [-0.39, 0.29) is 21.7 Å². The van der Waals surface area contributed by atoms with Crippen LogP contribution >= 0.6 is 11.3 Å². The van der Waals surface area contributed by atoms with Gasteiger partial charge in [-0.2, -0.15) is 0 Å². The number of nitrogens with one attached hydrogen (secondary N) is 1. The monoisotopic (exact) mass is 417 g/mol. The predicted octanol–water partition coefficient (Wildman–Crippen LogP) is 3.31. The van der Waals surface area contributed by atoms with Crippen molar-refractivity contribution in [1.29, 1.82) is 0 Å². The third-order valence-electron chi connectivity index (χ3n) is 3.80. The second kappa shape index (κ2) is 8.94. The summed E-state index contributed by atoms with van der Waals surface area (Å²) >= 11 is 1.03. The molecule has 1 amide bonds. The second-order valence-corrected chi connectivity index (χ2v) is 8.94. The van der Waals surface area contributed by atoms with E-state index < -0.39 is 15.9 Å². The molecule has 0 aliphatic carbocycles. The number of sulfone groups is 1. The van der Waals surface area contributed by atoms with E-state index in [1.54, 1.807) is 30.3 Å². The zero-order valence-electron chi connectivity index (χ0n) is 15.1. The molecule has 1 heterocycles. The number of benzene rings is 2. The van der Waals surface area contributed by atoms with Gasteiger partial charge in [-0.25, -0.2) is 8.42 Å². The van der Waals surface area contributed by atoms with Crippen molar-refractivity contribution < 1.29 is 17.9 Å². The zero-order valence-corrected chi connectivity index (χ0v) is 16.7. The minimum absolute atomic E-state index is 0.220. The van der Waals surface area contributed by atoms with Crippen LogP contribution in [0.3, 0.4) is 0 Å². The zero-order chi connectivity index (χ0) is 20.0. The quantitative estimate of drug-likeness (QED) is 0.604. The SMILES string of the molecule is CCC(Oc1ccccc1)C(=O)Nc1nnc(CS(=O)(=O)c2ccccc2)s1. The largest absolute Gasteiger partial charge is 0.481 e. The number of hydrogen-bond donors (Lipinski definition) is 1. The lowest BCUT2D eigenvalue weighted by molar-refractivity contribution is -0.122. The molecule has 0 radical (unpaired) electrons. The van der Waals surface area contributed by atoms with E-state index in [2.05, 4.69) is 15.5 Å². The number of carbonyl (C=O) groups excluding carboxylic acids is 1. The molecule has 0 aliphatic rings. The molecule has 1 aromatic heterocycles. The summed E-state index contributed by atoms with van der Waals surface area (Å²) in [4.78, 5) is 12.7. The molecule has 0 saturated heterocycles. The summed E-state index contributed by atoms with van der Waals surface area (Å²) in [5.41, 5.74) is 0. The number of hydrogen-bond acceptors (Lipinski definition) is 7. The standard InChI is InChI=1S/C19H19N3O4S2/c1-2-16(26-14-9-5-3-6-10-14)18(23)20-19-22-21-17(27-19)13-28(24,25)15-11-7-4-8-12-15/h3-12,16H,2,13H2,1H3,(H,20,22,23). The first-order valence-electron chi connectivity index (χ1n) is 8.60. The van der Waals surface area contributed by atoms with Crippen LogP contribution in [0.1, 0.15) is 18.4 Å². The topological polar surface area (TPSA) is 98.2 Å². The van der Waals surface area contributed by atoms with Gasteiger partial charge in [0.25, 0.3) is 5.91 Å². The highest BCUT2D eigenvalue weighted by atomic mass is 32.2. The van der Waals surface area contributed by atoms with Gasteiger partial charge in [-0.15, -0.1) is 10.2 Å². The van der Waals surface area contributed by atoms with Gasteiger partial charge in [0, 0.05) is 0 Å². The van der Waals surface area contributed by atoms with Crippen LogP contribution in [0, 0.1) is 0 Å². The van der Waals surface area contributed by atoms with Crippen molar-refractivity contribution in [2.45, 2.75) is 30.1 Å². The molecule has 28 heavy (non-hydrogen) atoms. The van der Waals surface area contributed by atoms with Crippen LogP contribution in [-0.2, 0) is 20.4 Å². The maximum Gasteiger partial charge on any atom is 0.267 e. The molecule has 0 fully saturated rings. The summed E-state index contributed by atoms with van der Waals surface area (Å²) in [6.45, 7) is 1.84.